The Morgan fingerprint density at radius 2 is 1.95 bits per heavy atom. The van der Waals surface area contributed by atoms with Gasteiger partial charge < -0.3 is 5.32 Å². The summed E-state index contributed by atoms with van der Waals surface area (Å²) in [6, 6.07) is 10.9. The summed E-state index contributed by atoms with van der Waals surface area (Å²) < 4.78 is 1.10. The molecule has 2 rings (SSSR count). The normalized spacial score (nSPS) is 12.4. The fourth-order valence-corrected chi connectivity index (χ4v) is 3.60. The number of nitrogens with zero attached hydrogens (tertiary/aromatic N) is 1. The van der Waals surface area contributed by atoms with Gasteiger partial charge in [-0.1, -0.05) is 27.7 Å². The molecular formula is C16H19BrN2S. The standard InChI is InChI=1S/C16H19BrN2S/c1-10-7-11(2)19-16(8-10)20-15-6-5-13(17)9-14(15)12(3)18-4/h5-9,12,18H,1-4H3. The van der Waals surface area contributed by atoms with Crippen molar-refractivity contribution >= 4 is 27.7 Å². The van der Waals surface area contributed by atoms with Crippen molar-refractivity contribution in [3.05, 3.63) is 51.6 Å². The molecule has 0 aliphatic heterocycles. The Morgan fingerprint density at radius 3 is 2.60 bits per heavy atom. The molecule has 0 bridgehead atoms. The summed E-state index contributed by atoms with van der Waals surface area (Å²) in [5.41, 5.74) is 3.60. The zero-order valence-corrected chi connectivity index (χ0v) is 14.6. The number of hydrogen-bond donors (Lipinski definition) is 1. The summed E-state index contributed by atoms with van der Waals surface area (Å²) in [5.74, 6) is 0. The van der Waals surface area contributed by atoms with E-state index in [-0.39, 0.29) is 0 Å². The highest BCUT2D eigenvalue weighted by atomic mass is 79.9. The van der Waals surface area contributed by atoms with Gasteiger partial charge in [-0.05, 0) is 69.3 Å². The molecule has 1 unspecified atom stereocenters. The van der Waals surface area contributed by atoms with Crippen molar-refractivity contribution < 1.29 is 0 Å². The van der Waals surface area contributed by atoms with Crippen LogP contribution in [0.15, 0.2) is 44.7 Å². The molecular weight excluding hydrogens is 332 g/mol. The molecule has 0 fully saturated rings. The maximum absolute atomic E-state index is 4.61. The van der Waals surface area contributed by atoms with E-state index in [2.05, 4.69) is 70.4 Å². The topological polar surface area (TPSA) is 24.9 Å². The van der Waals surface area contributed by atoms with Crippen LogP contribution in [0.3, 0.4) is 0 Å². The molecule has 0 amide bonds. The van der Waals surface area contributed by atoms with Gasteiger partial charge in [0.2, 0.25) is 0 Å². The van der Waals surface area contributed by atoms with Crippen molar-refractivity contribution in [3.8, 4) is 0 Å². The van der Waals surface area contributed by atoms with E-state index < -0.39 is 0 Å². The summed E-state index contributed by atoms with van der Waals surface area (Å²) in [6.07, 6.45) is 0. The van der Waals surface area contributed by atoms with Gasteiger partial charge in [0.25, 0.3) is 0 Å². The van der Waals surface area contributed by atoms with E-state index in [0.717, 1.165) is 15.2 Å². The van der Waals surface area contributed by atoms with Crippen LogP contribution in [-0.4, -0.2) is 12.0 Å². The first-order chi connectivity index (χ1) is 9.49. The minimum absolute atomic E-state index is 0.306. The summed E-state index contributed by atoms with van der Waals surface area (Å²) in [4.78, 5) is 5.85. The third-order valence-electron chi connectivity index (χ3n) is 3.16. The molecule has 4 heteroatoms. The van der Waals surface area contributed by atoms with Gasteiger partial charge in [0, 0.05) is 21.1 Å². The fourth-order valence-electron chi connectivity index (χ4n) is 2.08. The Morgan fingerprint density at radius 1 is 1.20 bits per heavy atom. The first-order valence-corrected chi connectivity index (χ1v) is 8.20. The van der Waals surface area contributed by atoms with Crippen molar-refractivity contribution in [2.24, 2.45) is 0 Å². The summed E-state index contributed by atoms with van der Waals surface area (Å²) in [5, 5.41) is 4.35. The second kappa shape index (κ2) is 6.74. The first kappa shape index (κ1) is 15.5. The largest absolute Gasteiger partial charge is 0.313 e. The number of benzene rings is 1. The molecule has 20 heavy (non-hydrogen) atoms. The minimum Gasteiger partial charge on any atom is -0.313 e. The van der Waals surface area contributed by atoms with Crippen LogP contribution in [0, 0.1) is 13.8 Å². The Hall–Kier alpha value is -0.840. The van der Waals surface area contributed by atoms with E-state index in [0.29, 0.717) is 6.04 Å². The summed E-state index contributed by atoms with van der Waals surface area (Å²) >= 11 is 5.27. The highest BCUT2D eigenvalue weighted by molar-refractivity contribution is 9.10. The quantitative estimate of drug-likeness (QED) is 0.849. The average Bonchev–Trinajstić information content (AvgIpc) is 2.38. The Labute approximate surface area is 133 Å². The first-order valence-electron chi connectivity index (χ1n) is 6.59. The van der Waals surface area contributed by atoms with Gasteiger partial charge in [0.05, 0.1) is 0 Å². The van der Waals surface area contributed by atoms with Gasteiger partial charge in [-0.15, -0.1) is 0 Å². The molecule has 1 heterocycles. The summed E-state index contributed by atoms with van der Waals surface area (Å²) in [6.45, 7) is 6.31. The van der Waals surface area contributed by atoms with Crippen molar-refractivity contribution in [2.45, 2.75) is 36.7 Å². The SMILES string of the molecule is CNC(C)c1cc(Br)ccc1Sc1cc(C)cc(C)n1. The molecule has 1 aromatic heterocycles. The van der Waals surface area contributed by atoms with E-state index >= 15 is 0 Å². The lowest BCUT2D eigenvalue weighted by atomic mass is 10.1. The maximum atomic E-state index is 4.61. The predicted octanol–water partition coefficient (Wildman–Crippen LogP) is 4.89. The third-order valence-corrected chi connectivity index (χ3v) is 4.66. The number of halogens is 1. The van der Waals surface area contributed by atoms with Gasteiger partial charge in [-0.25, -0.2) is 4.98 Å². The molecule has 106 valence electrons. The molecule has 0 radical (unpaired) electrons. The van der Waals surface area contributed by atoms with Crippen molar-refractivity contribution in [2.75, 3.05) is 7.05 Å². The lowest BCUT2D eigenvalue weighted by molar-refractivity contribution is 0.641. The highest BCUT2D eigenvalue weighted by Crippen LogP contribution is 2.34. The average molecular weight is 351 g/mol. The number of nitrogens with one attached hydrogen (secondary N) is 1. The Bertz CT molecular complexity index is 593. The zero-order valence-electron chi connectivity index (χ0n) is 12.2. The molecule has 0 spiro atoms. The highest BCUT2D eigenvalue weighted by Gasteiger charge is 2.11. The minimum atomic E-state index is 0.306. The number of pyridine rings is 1. The van der Waals surface area contributed by atoms with E-state index in [9.17, 15) is 0 Å². The van der Waals surface area contributed by atoms with Crippen LogP contribution in [0.5, 0.6) is 0 Å². The van der Waals surface area contributed by atoms with E-state index in [1.54, 1.807) is 11.8 Å². The number of aryl methyl sites for hydroxylation is 2. The lowest BCUT2D eigenvalue weighted by Crippen LogP contribution is -2.13. The van der Waals surface area contributed by atoms with Crippen molar-refractivity contribution in [3.63, 3.8) is 0 Å². The van der Waals surface area contributed by atoms with E-state index in [1.165, 1.54) is 16.0 Å². The molecule has 1 atom stereocenters. The fraction of sp³-hybridized carbons (Fsp3) is 0.312. The Balaban J connectivity index is 2.37. The molecule has 2 nitrogen and oxygen atoms in total. The van der Waals surface area contributed by atoms with Gasteiger partial charge in [-0.2, -0.15) is 0 Å². The van der Waals surface area contributed by atoms with Crippen molar-refractivity contribution in [1.82, 2.24) is 10.3 Å². The van der Waals surface area contributed by atoms with Crippen LogP contribution in [0.1, 0.15) is 29.8 Å². The van der Waals surface area contributed by atoms with E-state index in [4.69, 9.17) is 0 Å². The van der Waals surface area contributed by atoms with Gasteiger partial charge >= 0.3 is 0 Å². The van der Waals surface area contributed by atoms with Gasteiger partial charge in [-0.3, -0.25) is 0 Å². The van der Waals surface area contributed by atoms with Gasteiger partial charge in [0.1, 0.15) is 5.03 Å². The molecule has 1 N–H and O–H groups in total. The smallest absolute Gasteiger partial charge is 0.101 e. The number of hydrogen-bond acceptors (Lipinski definition) is 3. The maximum Gasteiger partial charge on any atom is 0.101 e. The van der Waals surface area contributed by atoms with Crippen LogP contribution in [-0.2, 0) is 0 Å². The molecule has 2 aromatic rings. The monoisotopic (exact) mass is 350 g/mol. The second-order valence-electron chi connectivity index (χ2n) is 4.92. The van der Waals surface area contributed by atoms with Crippen LogP contribution in [0.4, 0.5) is 0 Å². The van der Waals surface area contributed by atoms with Crippen molar-refractivity contribution in [1.29, 1.82) is 0 Å². The molecule has 0 aliphatic carbocycles. The van der Waals surface area contributed by atoms with Crippen LogP contribution >= 0.6 is 27.7 Å². The van der Waals surface area contributed by atoms with Crippen LogP contribution < -0.4 is 5.32 Å². The second-order valence-corrected chi connectivity index (χ2v) is 6.90. The van der Waals surface area contributed by atoms with Gasteiger partial charge in [0.15, 0.2) is 0 Å². The predicted molar refractivity (Wildman–Crippen MR) is 89.5 cm³/mol. The lowest BCUT2D eigenvalue weighted by Gasteiger charge is -2.16. The third kappa shape index (κ3) is 3.84. The Kier molecular flexibility index (Phi) is 5.24. The molecule has 1 aromatic carbocycles. The molecule has 0 aliphatic rings. The zero-order chi connectivity index (χ0) is 14.7. The molecule has 0 saturated carbocycles. The summed E-state index contributed by atoms with van der Waals surface area (Å²) in [7, 11) is 1.98. The van der Waals surface area contributed by atoms with Crippen LogP contribution in [0.25, 0.3) is 0 Å². The molecule has 0 saturated heterocycles. The van der Waals surface area contributed by atoms with Crippen LogP contribution in [0.2, 0.25) is 0 Å². The number of aromatic nitrogens is 1. The number of rotatable bonds is 4. The van der Waals surface area contributed by atoms with E-state index in [1.807, 2.05) is 14.0 Å².